The second kappa shape index (κ2) is 8.46. The largest absolute Gasteiger partial charge is 0.481 e. The molecule has 0 spiro atoms. The molecule has 7 heteroatoms. The van der Waals surface area contributed by atoms with Crippen molar-refractivity contribution in [2.75, 3.05) is 0 Å². The molecule has 1 amide bonds. The quantitative estimate of drug-likeness (QED) is 0.606. The Labute approximate surface area is 167 Å². The molecule has 5 nitrogen and oxygen atoms in total. The third kappa shape index (κ3) is 4.81. The number of imidazole rings is 1. The number of carbonyl (C=O) groups is 1. The number of carbonyl (C=O) groups excluding carboxylic acids is 1. The van der Waals surface area contributed by atoms with E-state index in [1.165, 1.54) is 0 Å². The number of benzene rings is 2. The van der Waals surface area contributed by atoms with Crippen LogP contribution in [-0.2, 0) is 4.79 Å². The van der Waals surface area contributed by atoms with E-state index in [9.17, 15) is 4.79 Å². The number of hydrogen-bond acceptors (Lipinski definition) is 3. The van der Waals surface area contributed by atoms with Gasteiger partial charge in [-0.3, -0.25) is 4.79 Å². The van der Waals surface area contributed by atoms with Crippen LogP contribution < -0.4 is 10.1 Å². The van der Waals surface area contributed by atoms with Crippen molar-refractivity contribution in [2.45, 2.75) is 26.0 Å². The molecule has 0 aliphatic heterocycles. The average molecular weight is 404 g/mol. The molecule has 2 N–H and O–H groups in total. The monoisotopic (exact) mass is 403 g/mol. The number of aromatic nitrogens is 2. The van der Waals surface area contributed by atoms with Gasteiger partial charge in [-0.2, -0.15) is 0 Å². The summed E-state index contributed by atoms with van der Waals surface area (Å²) in [6, 6.07) is 14.4. The van der Waals surface area contributed by atoms with Gasteiger partial charge in [-0.1, -0.05) is 53.5 Å². The lowest BCUT2D eigenvalue weighted by Gasteiger charge is -2.18. The molecule has 0 aliphatic carbocycles. The van der Waals surface area contributed by atoms with Gasteiger partial charge in [-0.25, -0.2) is 4.98 Å². The molecule has 0 saturated carbocycles. The molecule has 0 fully saturated rings. The highest BCUT2D eigenvalue weighted by Gasteiger charge is 2.19. The molecule has 2 unspecified atom stereocenters. The zero-order valence-corrected chi connectivity index (χ0v) is 16.4. The SMILES string of the molecule is CC(Oc1ccc(Cl)c(Cl)c1)C(=O)NC(C)c1ncc(-c2ccccc2)[nH]1. The Bertz CT molecular complexity index is 928. The summed E-state index contributed by atoms with van der Waals surface area (Å²) in [4.78, 5) is 20.0. The van der Waals surface area contributed by atoms with E-state index in [4.69, 9.17) is 27.9 Å². The van der Waals surface area contributed by atoms with Gasteiger partial charge in [0.25, 0.3) is 5.91 Å². The van der Waals surface area contributed by atoms with Crippen LogP contribution in [0.15, 0.2) is 54.7 Å². The zero-order valence-electron chi connectivity index (χ0n) is 14.9. The van der Waals surface area contributed by atoms with Gasteiger partial charge in [-0.05, 0) is 31.5 Å². The molecule has 140 valence electrons. The van der Waals surface area contributed by atoms with Gasteiger partial charge in [0.1, 0.15) is 11.6 Å². The van der Waals surface area contributed by atoms with Gasteiger partial charge in [0.15, 0.2) is 6.10 Å². The van der Waals surface area contributed by atoms with E-state index in [0.717, 1.165) is 11.3 Å². The van der Waals surface area contributed by atoms with Crippen LogP contribution in [0.3, 0.4) is 0 Å². The third-order valence-electron chi connectivity index (χ3n) is 4.02. The average Bonchev–Trinajstić information content (AvgIpc) is 3.16. The van der Waals surface area contributed by atoms with Gasteiger partial charge < -0.3 is 15.0 Å². The molecule has 2 atom stereocenters. The fourth-order valence-corrected chi connectivity index (χ4v) is 2.82. The van der Waals surface area contributed by atoms with Gasteiger partial charge in [0, 0.05) is 6.07 Å². The lowest BCUT2D eigenvalue weighted by Crippen LogP contribution is -2.38. The van der Waals surface area contributed by atoms with Crippen molar-refractivity contribution in [1.82, 2.24) is 15.3 Å². The Morgan fingerprint density at radius 3 is 2.56 bits per heavy atom. The number of hydrogen-bond donors (Lipinski definition) is 2. The fraction of sp³-hybridized carbons (Fsp3) is 0.200. The number of amides is 1. The predicted octanol–water partition coefficient (Wildman–Crippen LogP) is 5.03. The first-order chi connectivity index (χ1) is 12.9. The summed E-state index contributed by atoms with van der Waals surface area (Å²) in [7, 11) is 0. The molecule has 3 aromatic rings. The minimum absolute atomic E-state index is 0.258. The molecular formula is C20H19Cl2N3O2. The smallest absolute Gasteiger partial charge is 0.261 e. The standard InChI is InChI=1S/C20H19Cl2N3O2/c1-12(19-23-11-18(25-19)14-6-4-3-5-7-14)24-20(26)13(2)27-15-8-9-16(21)17(22)10-15/h3-13H,1-2H3,(H,23,25)(H,24,26). The first-order valence-corrected chi connectivity index (χ1v) is 9.22. The van der Waals surface area contributed by atoms with Crippen LogP contribution >= 0.6 is 23.2 Å². The van der Waals surface area contributed by atoms with Crippen molar-refractivity contribution in [2.24, 2.45) is 0 Å². The Kier molecular flexibility index (Phi) is 6.04. The van der Waals surface area contributed by atoms with Crippen LogP contribution in [0.25, 0.3) is 11.3 Å². The fourth-order valence-electron chi connectivity index (χ4n) is 2.53. The van der Waals surface area contributed by atoms with E-state index < -0.39 is 6.10 Å². The Hall–Kier alpha value is -2.50. The number of rotatable bonds is 6. The Balaban J connectivity index is 1.61. The molecule has 0 bridgehead atoms. The first kappa shape index (κ1) is 19.3. The highest BCUT2D eigenvalue weighted by molar-refractivity contribution is 6.42. The Morgan fingerprint density at radius 1 is 1.11 bits per heavy atom. The minimum atomic E-state index is -0.701. The van der Waals surface area contributed by atoms with Crippen LogP contribution in [-0.4, -0.2) is 22.0 Å². The van der Waals surface area contributed by atoms with E-state index in [-0.39, 0.29) is 11.9 Å². The second-order valence-electron chi connectivity index (χ2n) is 6.11. The van der Waals surface area contributed by atoms with Gasteiger partial charge in [-0.15, -0.1) is 0 Å². The maximum Gasteiger partial charge on any atom is 0.261 e. The Morgan fingerprint density at radius 2 is 1.85 bits per heavy atom. The van der Waals surface area contributed by atoms with E-state index in [1.54, 1.807) is 31.3 Å². The maximum absolute atomic E-state index is 12.4. The minimum Gasteiger partial charge on any atom is -0.481 e. The van der Waals surface area contributed by atoms with Crippen molar-refractivity contribution >= 4 is 29.1 Å². The molecular weight excluding hydrogens is 385 g/mol. The normalized spacial score (nSPS) is 13.0. The number of H-pyrrole nitrogens is 1. The lowest BCUT2D eigenvalue weighted by molar-refractivity contribution is -0.128. The van der Waals surface area contributed by atoms with Crippen molar-refractivity contribution in [1.29, 1.82) is 0 Å². The van der Waals surface area contributed by atoms with Crippen molar-refractivity contribution in [3.05, 3.63) is 70.6 Å². The second-order valence-corrected chi connectivity index (χ2v) is 6.93. The van der Waals surface area contributed by atoms with E-state index in [0.29, 0.717) is 21.6 Å². The van der Waals surface area contributed by atoms with Gasteiger partial charge in [0.05, 0.1) is 28.0 Å². The highest BCUT2D eigenvalue weighted by atomic mass is 35.5. The summed E-state index contributed by atoms with van der Waals surface area (Å²) in [5.74, 6) is 0.888. The van der Waals surface area contributed by atoms with Crippen molar-refractivity contribution in [3.8, 4) is 17.0 Å². The number of ether oxygens (including phenoxy) is 1. The molecule has 0 saturated heterocycles. The van der Waals surface area contributed by atoms with Crippen LogP contribution in [0.5, 0.6) is 5.75 Å². The molecule has 27 heavy (non-hydrogen) atoms. The van der Waals surface area contributed by atoms with Crippen LogP contribution in [0.2, 0.25) is 10.0 Å². The predicted molar refractivity (Wildman–Crippen MR) is 107 cm³/mol. The summed E-state index contributed by atoms with van der Waals surface area (Å²) in [6.45, 7) is 3.53. The van der Waals surface area contributed by atoms with Gasteiger partial charge in [0.2, 0.25) is 0 Å². The molecule has 0 aliphatic rings. The summed E-state index contributed by atoms with van der Waals surface area (Å²) in [5, 5.41) is 3.70. The van der Waals surface area contributed by atoms with Gasteiger partial charge >= 0.3 is 0 Å². The maximum atomic E-state index is 12.4. The number of halogens is 2. The van der Waals surface area contributed by atoms with Crippen LogP contribution in [0.4, 0.5) is 0 Å². The van der Waals surface area contributed by atoms with E-state index >= 15 is 0 Å². The summed E-state index contributed by atoms with van der Waals surface area (Å²) < 4.78 is 5.64. The molecule has 1 heterocycles. The molecule has 0 radical (unpaired) electrons. The number of aromatic amines is 1. The first-order valence-electron chi connectivity index (χ1n) is 8.46. The topological polar surface area (TPSA) is 67.0 Å². The third-order valence-corrected chi connectivity index (χ3v) is 4.76. The summed E-state index contributed by atoms with van der Waals surface area (Å²) in [5.41, 5.74) is 1.93. The summed E-state index contributed by atoms with van der Waals surface area (Å²) >= 11 is 11.9. The van der Waals surface area contributed by atoms with Crippen LogP contribution in [0.1, 0.15) is 25.7 Å². The molecule has 3 rings (SSSR count). The summed E-state index contributed by atoms with van der Waals surface area (Å²) in [6.07, 6.45) is 1.05. The van der Waals surface area contributed by atoms with Crippen LogP contribution in [0, 0.1) is 0 Å². The number of nitrogens with zero attached hydrogens (tertiary/aromatic N) is 1. The van der Waals surface area contributed by atoms with Crippen molar-refractivity contribution < 1.29 is 9.53 Å². The zero-order chi connectivity index (χ0) is 19.4. The molecule has 2 aromatic carbocycles. The number of nitrogens with one attached hydrogen (secondary N) is 2. The molecule has 1 aromatic heterocycles. The van der Waals surface area contributed by atoms with Crippen molar-refractivity contribution in [3.63, 3.8) is 0 Å². The van der Waals surface area contributed by atoms with E-state index in [1.807, 2.05) is 37.3 Å². The lowest BCUT2D eigenvalue weighted by atomic mass is 10.2. The van der Waals surface area contributed by atoms with E-state index in [2.05, 4.69) is 15.3 Å². The highest BCUT2D eigenvalue weighted by Crippen LogP contribution is 2.27.